The van der Waals surface area contributed by atoms with Crippen LogP contribution in [0.5, 0.6) is 0 Å². The van der Waals surface area contributed by atoms with Crippen molar-refractivity contribution in [3.63, 3.8) is 0 Å². The summed E-state index contributed by atoms with van der Waals surface area (Å²) in [6, 6.07) is 0.751. The molecule has 0 bridgehead atoms. The Balaban J connectivity index is 2.59. The molecule has 0 aromatic heterocycles. The number of rotatable bonds is 7. The number of nitrogens with one attached hydrogen (secondary N) is 1. The summed E-state index contributed by atoms with van der Waals surface area (Å²) in [5.41, 5.74) is 0. The van der Waals surface area contributed by atoms with Gasteiger partial charge in [0.05, 0.1) is 0 Å². The van der Waals surface area contributed by atoms with Gasteiger partial charge in [0.2, 0.25) is 0 Å². The Morgan fingerprint density at radius 2 is 1.79 bits per heavy atom. The first-order chi connectivity index (χ1) is 8.95. The second-order valence-electron chi connectivity index (χ2n) is 7.00. The Morgan fingerprint density at radius 3 is 2.32 bits per heavy atom. The molecule has 0 saturated heterocycles. The van der Waals surface area contributed by atoms with E-state index in [0.29, 0.717) is 0 Å². The van der Waals surface area contributed by atoms with E-state index in [9.17, 15) is 0 Å². The lowest BCUT2D eigenvalue weighted by Gasteiger charge is -2.39. The van der Waals surface area contributed by atoms with Crippen LogP contribution in [0.25, 0.3) is 0 Å². The van der Waals surface area contributed by atoms with Crippen molar-refractivity contribution in [2.75, 3.05) is 6.54 Å². The zero-order valence-corrected chi connectivity index (χ0v) is 14.7. The first-order valence-corrected chi connectivity index (χ1v) is 9.28. The van der Waals surface area contributed by atoms with Crippen LogP contribution in [0.2, 0.25) is 0 Å². The molecule has 0 spiro atoms. The maximum atomic E-state index is 3.80. The summed E-state index contributed by atoms with van der Waals surface area (Å²) in [6.45, 7) is 15.4. The third-order valence-corrected chi connectivity index (χ3v) is 6.60. The van der Waals surface area contributed by atoms with Gasteiger partial charge in [0.15, 0.2) is 0 Å². The Labute approximate surface area is 125 Å². The van der Waals surface area contributed by atoms with E-state index >= 15 is 0 Å². The van der Waals surface area contributed by atoms with E-state index in [1.807, 2.05) is 0 Å². The van der Waals surface area contributed by atoms with Crippen molar-refractivity contribution in [2.45, 2.75) is 83.8 Å². The van der Waals surface area contributed by atoms with Gasteiger partial charge in [-0.25, -0.2) is 0 Å². The zero-order chi connectivity index (χ0) is 14.4. The summed E-state index contributed by atoms with van der Waals surface area (Å²) in [7, 11) is 0. The molecule has 114 valence electrons. The van der Waals surface area contributed by atoms with Gasteiger partial charge >= 0.3 is 0 Å². The lowest BCUT2D eigenvalue weighted by atomic mass is 9.79. The highest BCUT2D eigenvalue weighted by Crippen LogP contribution is 2.39. The molecule has 1 rings (SSSR count). The largest absolute Gasteiger partial charge is 0.313 e. The molecule has 4 atom stereocenters. The van der Waals surface area contributed by atoms with Gasteiger partial charge in [0.1, 0.15) is 0 Å². The molecule has 4 unspecified atom stereocenters. The van der Waals surface area contributed by atoms with E-state index in [1.54, 1.807) is 0 Å². The molecule has 1 fully saturated rings. The van der Waals surface area contributed by atoms with Gasteiger partial charge in [0, 0.05) is 16.5 Å². The number of hydrogen-bond acceptors (Lipinski definition) is 2. The summed E-state index contributed by atoms with van der Waals surface area (Å²) < 4.78 is 0. The lowest BCUT2D eigenvalue weighted by Crippen LogP contribution is -2.44. The molecular weight excluding hydrogens is 250 g/mol. The van der Waals surface area contributed by atoms with Crippen LogP contribution in [0.3, 0.4) is 0 Å². The summed E-state index contributed by atoms with van der Waals surface area (Å²) >= 11 is 2.25. The highest BCUT2D eigenvalue weighted by atomic mass is 32.2. The molecule has 19 heavy (non-hydrogen) atoms. The fourth-order valence-electron chi connectivity index (χ4n) is 2.91. The van der Waals surface area contributed by atoms with Crippen molar-refractivity contribution < 1.29 is 0 Å². The topological polar surface area (TPSA) is 12.0 Å². The van der Waals surface area contributed by atoms with Crippen LogP contribution in [0, 0.1) is 17.8 Å². The second kappa shape index (κ2) is 8.56. The van der Waals surface area contributed by atoms with E-state index in [2.05, 4.69) is 58.6 Å². The highest BCUT2D eigenvalue weighted by molar-refractivity contribution is 8.00. The first kappa shape index (κ1) is 17.4. The van der Waals surface area contributed by atoms with Gasteiger partial charge in [0.25, 0.3) is 0 Å². The molecule has 1 saturated carbocycles. The van der Waals surface area contributed by atoms with Gasteiger partial charge in [-0.1, -0.05) is 41.5 Å². The van der Waals surface area contributed by atoms with E-state index in [1.165, 1.54) is 32.2 Å². The van der Waals surface area contributed by atoms with Gasteiger partial charge in [-0.3, -0.25) is 0 Å². The highest BCUT2D eigenvalue weighted by Gasteiger charge is 2.33. The third-order valence-electron chi connectivity index (χ3n) is 4.76. The average Bonchev–Trinajstić information content (AvgIpc) is 2.36. The van der Waals surface area contributed by atoms with Crippen LogP contribution in [0.1, 0.15) is 67.2 Å². The minimum atomic E-state index is 0.751. The summed E-state index contributed by atoms with van der Waals surface area (Å²) in [5, 5.41) is 5.41. The molecule has 1 nitrogen and oxygen atoms in total. The van der Waals surface area contributed by atoms with Crippen LogP contribution >= 0.6 is 11.8 Å². The van der Waals surface area contributed by atoms with Crippen molar-refractivity contribution in [1.29, 1.82) is 0 Å². The Morgan fingerprint density at radius 1 is 1.11 bits per heavy atom. The Kier molecular flexibility index (Phi) is 7.83. The second-order valence-corrected chi connectivity index (χ2v) is 8.62. The minimum Gasteiger partial charge on any atom is -0.313 e. The Hall–Kier alpha value is 0.310. The van der Waals surface area contributed by atoms with Crippen LogP contribution < -0.4 is 5.32 Å². The minimum absolute atomic E-state index is 0.751. The first-order valence-electron chi connectivity index (χ1n) is 8.34. The SMILES string of the molecule is CCCNC1CCC(C(C)C)CC1SC(C)C(C)C. The quantitative estimate of drug-likeness (QED) is 0.710. The van der Waals surface area contributed by atoms with Crippen molar-refractivity contribution in [3.8, 4) is 0 Å². The van der Waals surface area contributed by atoms with Crippen LogP contribution in [0.15, 0.2) is 0 Å². The molecule has 1 aliphatic rings. The van der Waals surface area contributed by atoms with E-state index < -0.39 is 0 Å². The molecule has 1 N–H and O–H groups in total. The van der Waals surface area contributed by atoms with Gasteiger partial charge in [-0.2, -0.15) is 11.8 Å². The molecule has 1 aliphatic carbocycles. The fraction of sp³-hybridized carbons (Fsp3) is 1.00. The molecule has 0 heterocycles. The maximum absolute atomic E-state index is 3.80. The summed E-state index contributed by atoms with van der Waals surface area (Å²) in [4.78, 5) is 0. The third kappa shape index (κ3) is 5.67. The van der Waals surface area contributed by atoms with Gasteiger partial charge < -0.3 is 5.32 Å². The predicted molar refractivity (Wildman–Crippen MR) is 89.9 cm³/mol. The van der Waals surface area contributed by atoms with Crippen molar-refractivity contribution >= 4 is 11.8 Å². The Bertz CT molecular complexity index is 237. The number of hydrogen-bond donors (Lipinski definition) is 1. The maximum Gasteiger partial charge on any atom is 0.0206 e. The molecule has 0 aromatic carbocycles. The van der Waals surface area contributed by atoms with E-state index in [-0.39, 0.29) is 0 Å². The van der Waals surface area contributed by atoms with Crippen molar-refractivity contribution in [1.82, 2.24) is 5.32 Å². The normalized spacial score (nSPS) is 30.0. The monoisotopic (exact) mass is 285 g/mol. The molecule has 2 heteroatoms. The molecule has 0 radical (unpaired) electrons. The molecule has 0 aliphatic heterocycles. The molecular formula is C17H35NS. The van der Waals surface area contributed by atoms with E-state index in [4.69, 9.17) is 0 Å². The smallest absolute Gasteiger partial charge is 0.0206 e. The van der Waals surface area contributed by atoms with Crippen molar-refractivity contribution in [3.05, 3.63) is 0 Å². The molecule has 0 aromatic rings. The molecule has 0 amide bonds. The van der Waals surface area contributed by atoms with Crippen LogP contribution in [0.4, 0.5) is 0 Å². The standard InChI is InChI=1S/C17H35NS/c1-7-10-18-16-9-8-15(13(4)5)11-17(16)19-14(6)12(2)3/h12-18H,7-11H2,1-6H3. The van der Waals surface area contributed by atoms with Gasteiger partial charge in [-0.15, -0.1) is 0 Å². The van der Waals surface area contributed by atoms with Crippen LogP contribution in [-0.2, 0) is 0 Å². The van der Waals surface area contributed by atoms with E-state index in [0.717, 1.165) is 34.3 Å². The summed E-state index contributed by atoms with van der Waals surface area (Å²) in [5.74, 6) is 2.58. The summed E-state index contributed by atoms with van der Waals surface area (Å²) in [6.07, 6.45) is 5.47. The van der Waals surface area contributed by atoms with Gasteiger partial charge in [-0.05, 0) is 50.0 Å². The predicted octanol–water partition coefficient (Wildman–Crippen LogP) is 4.96. The van der Waals surface area contributed by atoms with Crippen molar-refractivity contribution in [2.24, 2.45) is 17.8 Å². The average molecular weight is 286 g/mol. The number of thioether (sulfide) groups is 1. The zero-order valence-electron chi connectivity index (χ0n) is 13.9. The lowest BCUT2D eigenvalue weighted by molar-refractivity contribution is 0.245. The fourth-order valence-corrected chi connectivity index (χ4v) is 4.56. The van der Waals surface area contributed by atoms with Crippen LogP contribution in [-0.4, -0.2) is 23.1 Å².